The van der Waals surface area contributed by atoms with Crippen molar-refractivity contribution in [2.24, 2.45) is 0 Å². The largest absolute Gasteiger partial charge is 0.369 e. The molecule has 142 valence electrons. The number of nitrogens with zero attached hydrogens (tertiary/aromatic N) is 2. The number of anilines is 2. The second kappa shape index (κ2) is 9.19. The molecule has 6 nitrogen and oxygen atoms in total. The summed E-state index contributed by atoms with van der Waals surface area (Å²) in [6.07, 6.45) is 0. The van der Waals surface area contributed by atoms with Crippen LogP contribution in [-0.4, -0.2) is 56.0 Å². The third kappa shape index (κ3) is 5.31. The first-order valence-electron chi connectivity index (χ1n) is 9.30. The minimum atomic E-state index is -0.627. The smallest absolute Gasteiger partial charge is 0.313 e. The van der Waals surface area contributed by atoms with Crippen molar-refractivity contribution in [1.29, 1.82) is 0 Å². The molecule has 1 aliphatic heterocycles. The zero-order valence-corrected chi connectivity index (χ0v) is 15.6. The van der Waals surface area contributed by atoms with Crippen LogP contribution in [-0.2, 0) is 9.59 Å². The maximum atomic E-state index is 12.0. The zero-order valence-electron chi connectivity index (χ0n) is 15.6. The van der Waals surface area contributed by atoms with Crippen molar-refractivity contribution in [3.63, 3.8) is 0 Å². The Morgan fingerprint density at radius 1 is 0.889 bits per heavy atom. The predicted octanol–water partition coefficient (Wildman–Crippen LogP) is 1.87. The number of hydrogen-bond acceptors (Lipinski definition) is 4. The minimum absolute atomic E-state index is 0.464. The molecule has 27 heavy (non-hydrogen) atoms. The van der Waals surface area contributed by atoms with Crippen molar-refractivity contribution in [3.8, 4) is 0 Å². The molecule has 0 radical (unpaired) electrons. The Labute approximate surface area is 160 Å². The summed E-state index contributed by atoms with van der Waals surface area (Å²) in [5, 5.41) is 5.36. The van der Waals surface area contributed by atoms with Crippen LogP contribution < -0.4 is 15.5 Å². The van der Waals surface area contributed by atoms with E-state index in [1.807, 2.05) is 31.2 Å². The summed E-state index contributed by atoms with van der Waals surface area (Å²) in [6, 6.07) is 17.8. The first kappa shape index (κ1) is 18.9. The monoisotopic (exact) mass is 366 g/mol. The van der Waals surface area contributed by atoms with Crippen LogP contribution in [0, 0.1) is 6.92 Å². The molecular weight excluding hydrogens is 340 g/mol. The summed E-state index contributed by atoms with van der Waals surface area (Å²) in [7, 11) is 0. The Kier molecular flexibility index (Phi) is 6.44. The number of nitrogens with one attached hydrogen (secondary N) is 2. The van der Waals surface area contributed by atoms with E-state index in [4.69, 9.17) is 0 Å². The van der Waals surface area contributed by atoms with E-state index in [1.54, 1.807) is 6.07 Å². The molecule has 2 aromatic carbocycles. The molecule has 0 aliphatic carbocycles. The lowest BCUT2D eigenvalue weighted by Gasteiger charge is -2.36. The number of amides is 2. The van der Waals surface area contributed by atoms with Gasteiger partial charge in [0, 0.05) is 50.6 Å². The van der Waals surface area contributed by atoms with Gasteiger partial charge in [-0.2, -0.15) is 0 Å². The van der Waals surface area contributed by atoms with Gasteiger partial charge >= 0.3 is 11.8 Å². The molecule has 2 N–H and O–H groups in total. The fraction of sp³-hybridized carbons (Fsp3) is 0.333. The fourth-order valence-corrected chi connectivity index (χ4v) is 3.17. The van der Waals surface area contributed by atoms with Crippen LogP contribution in [0.5, 0.6) is 0 Å². The van der Waals surface area contributed by atoms with E-state index >= 15 is 0 Å². The molecule has 0 spiro atoms. The van der Waals surface area contributed by atoms with Crippen molar-refractivity contribution in [3.05, 3.63) is 60.2 Å². The van der Waals surface area contributed by atoms with Gasteiger partial charge < -0.3 is 15.5 Å². The van der Waals surface area contributed by atoms with Crippen LogP contribution >= 0.6 is 0 Å². The van der Waals surface area contributed by atoms with Gasteiger partial charge in [0.2, 0.25) is 0 Å². The second-order valence-electron chi connectivity index (χ2n) is 6.69. The predicted molar refractivity (Wildman–Crippen MR) is 108 cm³/mol. The molecular formula is C21H26N4O2. The van der Waals surface area contributed by atoms with Gasteiger partial charge in [-0.1, -0.05) is 36.4 Å². The van der Waals surface area contributed by atoms with E-state index in [1.165, 1.54) is 5.69 Å². The highest BCUT2D eigenvalue weighted by atomic mass is 16.2. The Balaban J connectivity index is 1.37. The summed E-state index contributed by atoms with van der Waals surface area (Å²) >= 11 is 0. The van der Waals surface area contributed by atoms with Gasteiger partial charge in [-0.05, 0) is 30.7 Å². The first-order valence-corrected chi connectivity index (χ1v) is 9.30. The van der Waals surface area contributed by atoms with Crippen molar-refractivity contribution in [2.75, 3.05) is 49.5 Å². The number of piperazine rings is 1. The van der Waals surface area contributed by atoms with Crippen molar-refractivity contribution in [1.82, 2.24) is 10.2 Å². The number of hydrogen-bond donors (Lipinski definition) is 2. The van der Waals surface area contributed by atoms with Crippen molar-refractivity contribution < 1.29 is 9.59 Å². The molecule has 2 amide bonds. The summed E-state index contributed by atoms with van der Waals surface area (Å²) in [4.78, 5) is 28.7. The highest BCUT2D eigenvalue weighted by Gasteiger charge is 2.18. The molecule has 1 saturated heterocycles. The van der Waals surface area contributed by atoms with E-state index < -0.39 is 11.8 Å². The number of rotatable bonds is 5. The minimum Gasteiger partial charge on any atom is -0.369 e. The molecule has 1 fully saturated rings. The highest BCUT2D eigenvalue weighted by molar-refractivity contribution is 6.39. The van der Waals surface area contributed by atoms with E-state index in [2.05, 4.69) is 44.7 Å². The Bertz CT molecular complexity index is 771. The number of carbonyl (C=O) groups excluding carboxylic acids is 2. The lowest BCUT2D eigenvalue weighted by Crippen LogP contribution is -2.49. The zero-order chi connectivity index (χ0) is 19.1. The molecule has 2 aromatic rings. The maximum Gasteiger partial charge on any atom is 0.313 e. The van der Waals surface area contributed by atoms with E-state index in [0.29, 0.717) is 12.2 Å². The highest BCUT2D eigenvalue weighted by Crippen LogP contribution is 2.15. The maximum absolute atomic E-state index is 12.0. The Morgan fingerprint density at radius 3 is 2.26 bits per heavy atom. The third-order valence-electron chi connectivity index (χ3n) is 4.81. The van der Waals surface area contributed by atoms with E-state index in [0.717, 1.165) is 38.3 Å². The van der Waals surface area contributed by atoms with E-state index in [9.17, 15) is 9.59 Å². The van der Waals surface area contributed by atoms with Gasteiger partial charge in [-0.3, -0.25) is 14.5 Å². The molecule has 1 aliphatic rings. The Hall–Kier alpha value is -2.86. The van der Waals surface area contributed by atoms with Crippen LogP contribution in [0.1, 0.15) is 5.56 Å². The van der Waals surface area contributed by atoms with Crippen LogP contribution in [0.4, 0.5) is 11.4 Å². The number of carbonyl (C=O) groups is 2. The van der Waals surface area contributed by atoms with Gasteiger partial charge in [-0.25, -0.2) is 0 Å². The van der Waals surface area contributed by atoms with Crippen LogP contribution in [0.25, 0.3) is 0 Å². The molecule has 1 heterocycles. The molecule has 0 aromatic heterocycles. The second-order valence-corrected chi connectivity index (χ2v) is 6.69. The average Bonchev–Trinajstić information content (AvgIpc) is 2.71. The standard InChI is InChI=1S/C21H26N4O2/c1-17-7-5-6-10-19(17)23-21(27)20(26)22-11-12-24-13-15-25(16-14-24)18-8-3-2-4-9-18/h2-10H,11-16H2,1H3,(H,22,26)(H,23,27). The van der Waals surface area contributed by atoms with Crippen LogP contribution in [0.3, 0.4) is 0 Å². The van der Waals surface area contributed by atoms with Gasteiger partial charge in [0.1, 0.15) is 0 Å². The summed E-state index contributed by atoms with van der Waals surface area (Å²) in [6.45, 7) is 6.91. The van der Waals surface area contributed by atoms with Gasteiger partial charge in [-0.15, -0.1) is 0 Å². The summed E-state index contributed by atoms with van der Waals surface area (Å²) < 4.78 is 0. The van der Waals surface area contributed by atoms with Crippen molar-refractivity contribution >= 4 is 23.2 Å². The van der Waals surface area contributed by atoms with Crippen LogP contribution in [0.2, 0.25) is 0 Å². The van der Waals surface area contributed by atoms with E-state index in [-0.39, 0.29) is 0 Å². The lowest BCUT2D eigenvalue weighted by molar-refractivity contribution is -0.136. The van der Waals surface area contributed by atoms with Gasteiger partial charge in [0.05, 0.1) is 0 Å². The molecule has 0 unspecified atom stereocenters. The first-order chi connectivity index (χ1) is 13.1. The number of benzene rings is 2. The quantitative estimate of drug-likeness (QED) is 0.793. The summed E-state index contributed by atoms with van der Waals surface area (Å²) in [5.74, 6) is -1.22. The molecule has 3 rings (SSSR count). The topological polar surface area (TPSA) is 64.7 Å². The van der Waals surface area contributed by atoms with Crippen molar-refractivity contribution in [2.45, 2.75) is 6.92 Å². The lowest BCUT2D eigenvalue weighted by atomic mass is 10.2. The SMILES string of the molecule is Cc1ccccc1NC(=O)C(=O)NCCN1CCN(c2ccccc2)CC1. The molecule has 0 atom stereocenters. The normalized spacial score (nSPS) is 14.6. The number of para-hydroxylation sites is 2. The third-order valence-corrected chi connectivity index (χ3v) is 4.81. The molecule has 0 bridgehead atoms. The molecule has 6 heteroatoms. The number of aryl methyl sites for hydroxylation is 1. The Morgan fingerprint density at radius 2 is 1.56 bits per heavy atom. The summed E-state index contributed by atoms with van der Waals surface area (Å²) in [5.41, 5.74) is 2.84. The van der Waals surface area contributed by atoms with Gasteiger partial charge in [0.15, 0.2) is 0 Å². The molecule has 0 saturated carbocycles. The fourth-order valence-electron chi connectivity index (χ4n) is 3.17. The van der Waals surface area contributed by atoms with Crippen LogP contribution in [0.15, 0.2) is 54.6 Å². The van der Waals surface area contributed by atoms with Gasteiger partial charge in [0.25, 0.3) is 0 Å². The average molecular weight is 366 g/mol.